The highest BCUT2D eigenvalue weighted by Crippen LogP contribution is 2.37. The molecule has 2 heterocycles. The molecule has 0 saturated heterocycles. The molecule has 0 spiro atoms. The standard InChI is InChI=1S/C38H35N5O4/c44-36(26-42-33-17-8-7-16-32(33)40-41-42)43(31-20-21-34-35(25-31)47-23-22-46-34)37(38(45)39-30-14-5-2-6-15-30)29-13-9-12-28(24-29)19-18-27-10-3-1-4-11-27/h1,3-4,7-13,16-17,20-21,24-25,30,37H,2,5-6,14-15,22-23,26H2,(H,39,45). The molecule has 2 amide bonds. The second-order valence-electron chi connectivity index (χ2n) is 11.8. The monoisotopic (exact) mass is 625 g/mol. The van der Waals surface area contributed by atoms with E-state index in [0.717, 1.165) is 48.7 Å². The van der Waals surface area contributed by atoms with Gasteiger partial charge in [0.25, 0.3) is 0 Å². The van der Waals surface area contributed by atoms with Crippen LogP contribution in [0.3, 0.4) is 0 Å². The summed E-state index contributed by atoms with van der Waals surface area (Å²) in [7, 11) is 0. The number of rotatable bonds is 7. The van der Waals surface area contributed by atoms with Crippen LogP contribution in [0.4, 0.5) is 5.69 Å². The predicted molar refractivity (Wildman–Crippen MR) is 179 cm³/mol. The summed E-state index contributed by atoms with van der Waals surface area (Å²) in [5.74, 6) is 6.97. The number of carbonyl (C=O) groups is 2. The maximum absolute atomic E-state index is 14.6. The van der Waals surface area contributed by atoms with Crippen LogP contribution < -0.4 is 19.7 Å². The van der Waals surface area contributed by atoms with Gasteiger partial charge in [0.2, 0.25) is 11.8 Å². The molecular formula is C38H35N5O4. The lowest BCUT2D eigenvalue weighted by Crippen LogP contribution is -2.48. The average Bonchev–Trinajstić information content (AvgIpc) is 3.52. The SMILES string of the molecule is O=C(NC1CCCCC1)C(c1cccc(C#Cc2ccccc2)c1)N(C(=O)Cn1nnc2ccccc21)c1ccc2c(c1)OCCO2. The van der Waals surface area contributed by atoms with Crippen molar-refractivity contribution in [3.8, 4) is 23.3 Å². The first-order chi connectivity index (χ1) is 23.1. The van der Waals surface area contributed by atoms with E-state index in [1.54, 1.807) is 27.8 Å². The molecule has 0 bridgehead atoms. The number of nitrogens with zero attached hydrogens (tertiary/aromatic N) is 4. The molecule has 1 fully saturated rings. The number of carbonyl (C=O) groups excluding carboxylic acids is 2. The van der Waals surface area contributed by atoms with Gasteiger partial charge in [-0.05, 0) is 66.9 Å². The second-order valence-corrected chi connectivity index (χ2v) is 11.8. The topological polar surface area (TPSA) is 98.6 Å². The van der Waals surface area contributed by atoms with Crippen molar-refractivity contribution in [2.24, 2.45) is 0 Å². The summed E-state index contributed by atoms with van der Waals surface area (Å²) in [6, 6.07) is 29.2. The molecule has 5 aromatic rings. The fourth-order valence-corrected chi connectivity index (χ4v) is 6.25. The van der Waals surface area contributed by atoms with Crippen molar-refractivity contribution in [3.63, 3.8) is 0 Å². The Balaban J connectivity index is 1.32. The van der Waals surface area contributed by atoms with Gasteiger partial charge in [-0.2, -0.15) is 0 Å². The van der Waals surface area contributed by atoms with E-state index in [2.05, 4.69) is 27.5 Å². The zero-order valence-electron chi connectivity index (χ0n) is 26.0. The van der Waals surface area contributed by atoms with Crippen LogP contribution in [0.2, 0.25) is 0 Å². The zero-order valence-corrected chi connectivity index (χ0v) is 26.0. The van der Waals surface area contributed by atoms with Crippen LogP contribution >= 0.6 is 0 Å². The quantitative estimate of drug-likeness (QED) is 0.229. The minimum Gasteiger partial charge on any atom is -0.486 e. The highest BCUT2D eigenvalue weighted by atomic mass is 16.6. The third kappa shape index (κ3) is 6.82. The fraction of sp³-hybridized carbons (Fsp3) is 0.263. The van der Waals surface area contributed by atoms with Gasteiger partial charge >= 0.3 is 0 Å². The largest absolute Gasteiger partial charge is 0.486 e. The molecule has 1 aromatic heterocycles. The van der Waals surface area contributed by atoms with Crippen LogP contribution in [0.5, 0.6) is 11.5 Å². The van der Waals surface area contributed by atoms with E-state index in [9.17, 15) is 9.59 Å². The van der Waals surface area contributed by atoms with Gasteiger partial charge in [-0.25, -0.2) is 4.68 Å². The van der Waals surface area contributed by atoms with Crippen molar-refractivity contribution in [2.45, 2.75) is 50.7 Å². The van der Waals surface area contributed by atoms with Gasteiger partial charge in [0.05, 0.1) is 5.52 Å². The van der Waals surface area contributed by atoms with Gasteiger partial charge in [-0.1, -0.05) is 78.8 Å². The highest BCUT2D eigenvalue weighted by Gasteiger charge is 2.35. The Hall–Kier alpha value is -5.62. The van der Waals surface area contributed by atoms with Gasteiger partial charge < -0.3 is 14.8 Å². The molecule has 1 aliphatic heterocycles. The maximum Gasteiger partial charge on any atom is 0.249 e. The van der Waals surface area contributed by atoms with Crippen molar-refractivity contribution >= 4 is 28.5 Å². The number of fused-ring (bicyclic) bond motifs is 2. The van der Waals surface area contributed by atoms with Crippen molar-refractivity contribution in [1.29, 1.82) is 0 Å². The third-order valence-corrected chi connectivity index (χ3v) is 8.56. The van der Waals surface area contributed by atoms with Gasteiger partial charge in [0.15, 0.2) is 11.5 Å². The molecule has 1 unspecified atom stereocenters. The van der Waals surface area contributed by atoms with E-state index in [4.69, 9.17) is 9.47 Å². The minimum absolute atomic E-state index is 0.0382. The highest BCUT2D eigenvalue weighted by molar-refractivity contribution is 6.02. The fourth-order valence-electron chi connectivity index (χ4n) is 6.25. The zero-order chi connectivity index (χ0) is 32.0. The first kappa shape index (κ1) is 30.1. The van der Waals surface area contributed by atoms with Gasteiger partial charge in [-0.3, -0.25) is 14.5 Å². The molecule has 7 rings (SSSR count). The van der Waals surface area contributed by atoms with Crippen LogP contribution in [-0.2, 0) is 16.1 Å². The summed E-state index contributed by atoms with van der Waals surface area (Å²) in [6.45, 7) is 0.705. The molecule has 0 radical (unpaired) electrons. The van der Waals surface area contributed by atoms with Crippen molar-refractivity contribution in [2.75, 3.05) is 18.1 Å². The van der Waals surface area contributed by atoms with E-state index in [1.165, 1.54) is 0 Å². The molecule has 1 saturated carbocycles. The van der Waals surface area contributed by atoms with Gasteiger partial charge in [0.1, 0.15) is 31.3 Å². The number of anilines is 1. The molecule has 47 heavy (non-hydrogen) atoms. The Kier molecular flexibility index (Phi) is 8.82. The Morgan fingerprint density at radius 3 is 2.43 bits per heavy atom. The molecular weight excluding hydrogens is 590 g/mol. The van der Waals surface area contributed by atoms with Crippen molar-refractivity contribution < 1.29 is 19.1 Å². The number of benzene rings is 4. The van der Waals surface area contributed by atoms with E-state index in [0.29, 0.717) is 41.5 Å². The Morgan fingerprint density at radius 2 is 1.57 bits per heavy atom. The van der Waals surface area contributed by atoms with Crippen LogP contribution in [0, 0.1) is 11.8 Å². The number of para-hydroxylation sites is 1. The smallest absolute Gasteiger partial charge is 0.249 e. The first-order valence-electron chi connectivity index (χ1n) is 16.1. The number of nitrogens with one attached hydrogen (secondary N) is 1. The molecule has 4 aromatic carbocycles. The lowest BCUT2D eigenvalue weighted by molar-refractivity contribution is -0.127. The summed E-state index contributed by atoms with van der Waals surface area (Å²) >= 11 is 0. The summed E-state index contributed by atoms with van der Waals surface area (Å²) in [5, 5.41) is 11.8. The van der Waals surface area contributed by atoms with Crippen molar-refractivity contribution in [3.05, 3.63) is 114 Å². The maximum atomic E-state index is 14.6. The third-order valence-electron chi connectivity index (χ3n) is 8.56. The first-order valence-corrected chi connectivity index (χ1v) is 16.1. The lowest BCUT2D eigenvalue weighted by atomic mass is 9.94. The summed E-state index contributed by atoms with van der Waals surface area (Å²) in [6.07, 6.45) is 5.09. The van der Waals surface area contributed by atoms with Crippen LogP contribution in [0.15, 0.2) is 97.1 Å². The molecule has 2 aliphatic rings. The van der Waals surface area contributed by atoms with E-state index < -0.39 is 6.04 Å². The number of amides is 2. The Bertz CT molecular complexity index is 1960. The van der Waals surface area contributed by atoms with E-state index >= 15 is 0 Å². The number of aromatic nitrogens is 3. The minimum atomic E-state index is -1.000. The van der Waals surface area contributed by atoms with Crippen molar-refractivity contribution in [1.82, 2.24) is 20.3 Å². The van der Waals surface area contributed by atoms with E-state index in [-0.39, 0.29) is 24.4 Å². The van der Waals surface area contributed by atoms with Crippen LogP contribution in [0.25, 0.3) is 11.0 Å². The number of hydrogen-bond donors (Lipinski definition) is 1. The normalized spacial score (nSPS) is 14.9. The van der Waals surface area contributed by atoms with E-state index in [1.807, 2.05) is 78.9 Å². The number of hydrogen-bond acceptors (Lipinski definition) is 6. The average molecular weight is 626 g/mol. The second kappa shape index (κ2) is 13.8. The molecule has 1 N–H and O–H groups in total. The molecule has 1 aliphatic carbocycles. The summed E-state index contributed by atoms with van der Waals surface area (Å²) in [5.41, 5.74) is 4.18. The van der Waals surface area contributed by atoms with Gasteiger partial charge in [0, 0.05) is 28.9 Å². The molecule has 236 valence electrons. The Labute approximate surface area is 273 Å². The predicted octanol–water partition coefficient (Wildman–Crippen LogP) is 5.83. The summed E-state index contributed by atoms with van der Waals surface area (Å²) in [4.78, 5) is 30.6. The summed E-state index contributed by atoms with van der Waals surface area (Å²) < 4.78 is 13.3. The van der Waals surface area contributed by atoms with Crippen LogP contribution in [0.1, 0.15) is 54.8 Å². The van der Waals surface area contributed by atoms with Crippen LogP contribution in [-0.4, -0.2) is 46.1 Å². The van der Waals surface area contributed by atoms with Gasteiger partial charge in [-0.15, -0.1) is 5.10 Å². The molecule has 9 heteroatoms. The molecule has 1 atom stereocenters. The lowest BCUT2D eigenvalue weighted by Gasteiger charge is -2.34. The molecule has 9 nitrogen and oxygen atoms in total. The Morgan fingerprint density at radius 1 is 0.830 bits per heavy atom. The number of ether oxygens (including phenoxy) is 2.